The van der Waals surface area contributed by atoms with Crippen LogP contribution >= 0.6 is 0 Å². The lowest BCUT2D eigenvalue weighted by Crippen LogP contribution is -2.62. The molecule has 1 aliphatic heterocycles. The van der Waals surface area contributed by atoms with Crippen molar-refractivity contribution in [3.8, 4) is 17.6 Å². The molecular formula is C20H28N4O6S. The molecule has 170 valence electrons. The second-order valence-corrected chi connectivity index (χ2v) is 8.59. The Morgan fingerprint density at radius 3 is 2.42 bits per heavy atom. The van der Waals surface area contributed by atoms with E-state index in [0.717, 1.165) is 4.31 Å². The van der Waals surface area contributed by atoms with E-state index in [2.05, 4.69) is 11.8 Å². The van der Waals surface area contributed by atoms with Gasteiger partial charge in [-0.2, -0.15) is 4.31 Å². The van der Waals surface area contributed by atoms with E-state index in [-0.39, 0.29) is 37.2 Å². The Morgan fingerprint density at radius 1 is 1.23 bits per heavy atom. The molecule has 0 aliphatic carbocycles. The van der Waals surface area contributed by atoms with Gasteiger partial charge in [-0.05, 0) is 45.0 Å². The second-order valence-electron chi connectivity index (χ2n) is 6.70. The quantitative estimate of drug-likeness (QED) is 0.358. The number of sulfonamides is 1. The fourth-order valence-electron chi connectivity index (χ4n) is 3.24. The summed E-state index contributed by atoms with van der Waals surface area (Å²) >= 11 is 0. The van der Waals surface area contributed by atoms with E-state index in [1.165, 1.54) is 34.6 Å². The number of nitrogens with one attached hydrogen (secondary N) is 1. The smallest absolute Gasteiger partial charge is 0.320 e. The highest BCUT2D eigenvalue weighted by molar-refractivity contribution is 7.89. The Hall–Kier alpha value is -2.81. The number of rotatable bonds is 7. The average Bonchev–Trinajstić information content (AvgIpc) is 2.79. The van der Waals surface area contributed by atoms with Crippen LogP contribution in [0.25, 0.3) is 0 Å². The maximum Gasteiger partial charge on any atom is 0.320 e. The maximum atomic E-state index is 13.2. The monoisotopic (exact) mass is 452 g/mol. The van der Waals surface area contributed by atoms with Gasteiger partial charge in [-0.3, -0.25) is 10.0 Å². The van der Waals surface area contributed by atoms with Gasteiger partial charge in [0.05, 0.1) is 4.90 Å². The van der Waals surface area contributed by atoms with Crippen LogP contribution in [0.4, 0.5) is 4.79 Å². The first-order chi connectivity index (χ1) is 14.8. The molecule has 1 unspecified atom stereocenters. The molecule has 11 heteroatoms. The van der Waals surface area contributed by atoms with Gasteiger partial charge in [-0.1, -0.05) is 5.92 Å². The normalized spacial score (nSPS) is 16.8. The van der Waals surface area contributed by atoms with E-state index < -0.39 is 22.0 Å². The lowest BCUT2D eigenvalue weighted by Gasteiger charge is -2.40. The Kier molecular flexibility index (Phi) is 8.67. The fourth-order valence-corrected chi connectivity index (χ4v) is 4.82. The number of urea groups is 1. The summed E-state index contributed by atoms with van der Waals surface area (Å²) in [4.78, 5) is 27.9. The molecule has 2 N–H and O–H groups in total. The number of nitrogens with zero attached hydrogens (tertiary/aromatic N) is 3. The van der Waals surface area contributed by atoms with Gasteiger partial charge in [0.2, 0.25) is 10.0 Å². The Balaban J connectivity index is 2.25. The topological polar surface area (TPSA) is 119 Å². The highest BCUT2D eigenvalue weighted by Crippen LogP contribution is 2.24. The van der Waals surface area contributed by atoms with Gasteiger partial charge in [0.1, 0.15) is 18.4 Å². The van der Waals surface area contributed by atoms with Crippen LogP contribution in [0.15, 0.2) is 29.2 Å². The highest BCUT2D eigenvalue weighted by Gasteiger charge is 2.41. The van der Waals surface area contributed by atoms with Gasteiger partial charge in [0.25, 0.3) is 5.91 Å². The zero-order chi connectivity index (χ0) is 23.0. The largest absolute Gasteiger partial charge is 0.481 e. The molecule has 2 rings (SSSR count). The number of hydrogen-bond acceptors (Lipinski definition) is 6. The number of hydrogen-bond donors (Lipinski definition) is 2. The van der Waals surface area contributed by atoms with Crippen molar-refractivity contribution in [1.82, 2.24) is 19.6 Å². The van der Waals surface area contributed by atoms with Gasteiger partial charge in [-0.25, -0.2) is 18.7 Å². The number of carbonyl (C=O) groups excluding carboxylic acids is 2. The lowest BCUT2D eigenvalue weighted by molar-refractivity contribution is -0.134. The van der Waals surface area contributed by atoms with Gasteiger partial charge in [0.15, 0.2) is 0 Å². The number of hydroxylamine groups is 1. The summed E-state index contributed by atoms with van der Waals surface area (Å²) in [5.74, 6) is 5.00. The second kappa shape index (κ2) is 11.0. The van der Waals surface area contributed by atoms with Crippen molar-refractivity contribution in [3.63, 3.8) is 0 Å². The molecule has 1 aliphatic rings. The molecule has 0 bridgehead atoms. The van der Waals surface area contributed by atoms with Crippen LogP contribution in [0.5, 0.6) is 5.75 Å². The van der Waals surface area contributed by atoms with Crippen LogP contribution in [0.3, 0.4) is 0 Å². The molecule has 1 saturated heterocycles. The molecule has 1 fully saturated rings. The molecule has 1 heterocycles. The summed E-state index contributed by atoms with van der Waals surface area (Å²) in [7, 11) is -4.06. The average molecular weight is 453 g/mol. The summed E-state index contributed by atoms with van der Waals surface area (Å²) in [5.41, 5.74) is 1.51. The molecule has 3 amide bonds. The van der Waals surface area contributed by atoms with Crippen LogP contribution in [-0.4, -0.2) is 85.0 Å². The van der Waals surface area contributed by atoms with E-state index in [4.69, 9.17) is 9.94 Å². The molecule has 0 radical (unpaired) electrons. The van der Waals surface area contributed by atoms with Crippen LogP contribution in [-0.2, 0) is 14.8 Å². The van der Waals surface area contributed by atoms with Crippen LogP contribution in [0.1, 0.15) is 20.8 Å². The minimum absolute atomic E-state index is 0.0271. The van der Waals surface area contributed by atoms with Gasteiger partial charge in [-0.15, -0.1) is 5.92 Å². The molecular weight excluding hydrogens is 424 g/mol. The predicted molar refractivity (Wildman–Crippen MR) is 113 cm³/mol. The zero-order valence-electron chi connectivity index (χ0n) is 17.9. The lowest BCUT2D eigenvalue weighted by atomic mass is 10.2. The Bertz CT molecular complexity index is 935. The molecule has 0 spiro atoms. The number of amides is 3. The first-order valence-electron chi connectivity index (χ1n) is 9.92. The van der Waals surface area contributed by atoms with Crippen molar-refractivity contribution < 1.29 is 28.0 Å². The molecule has 31 heavy (non-hydrogen) atoms. The fraction of sp³-hybridized carbons (Fsp3) is 0.500. The van der Waals surface area contributed by atoms with Crippen LogP contribution in [0.2, 0.25) is 0 Å². The predicted octanol–water partition coefficient (Wildman–Crippen LogP) is 0.731. The van der Waals surface area contributed by atoms with Crippen molar-refractivity contribution in [2.24, 2.45) is 0 Å². The molecule has 0 saturated carbocycles. The molecule has 0 aromatic heterocycles. The molecule has 1 aromatic carbocycles. The summed E-state index contributed by atoms with van der Waals surface area (Å²) in [6.45, 7) is 6.39. The minimum Gasteiger partial charge on any atom is -0.481 e. The standard InChI is InChI=1S/C20H28N4O6S/c1-4-7-14-30-16-8-10-17(11-9-16)31(28,29)24-13-12-23(15-18(24)19(25)21-27)20(26)22(5-2)6-3/h8-11,18,27H,5-6,12-15H2,1-3H3,(H,21,25). The third-order valence-electron chi connectivity index (χ3n) is 4.97. The van der Waals surface area contributed by atoms with E-state index >= 15 is 0 Å². The van der Waals surface area contributed by atoms with Gasteiger partial charge >= 0.3 is 6.03 Å². The number of ether oxygens (including phenoxy) is 1. The van der Waals surface area contributed by atoms with E-state index in [9.17, 15) is 18.0 Å². The number of benzene rings is 1. The highest BCUT2D eigenvalue weighted by atomic mass is 32.2. The van der Waals surface area contributed by atoms with Crippen LogP contribution < -0.4 is 10.2 Å². The zero-order valence-corrected chi connectivity index (χ0v) is 18.7. The molecule has 1 aromatic rings. The Morgan fingerprint density at radius 2 is 1.87 bits per heavy atom. The van der Waals surface area contributed by atoms with Crippen LogP contribution in [0, 0.1) is 11.8 Å². The summed E-state index contributed by atoms with van der Waals surface area (Å²) in [5, 5.41) is 9.14. The molecule has 10 nitrogen and oxygen atoms in total. The number of carbonyl (C=O) groups is 2. The van der Waals surface area contributed by atoms with Crippen molar-refractivity contribution in [1.29, 1.82) is 0 Å². The van der Waals surface area contributed by atoms with Crippen molar-refractivity contribution in [3.05, 3.63) is 24.3 Å². The van der Waals surface area contributed by atoms with Gasteiger partial charge in [0, 0.05) is 32.7 Å². The van der Waals surface area contributed by atoms with Crippen molar-refractivity contribution in [2.75, 3.05) is 39.3 Å². The first-order valence-corrected chi connectivity index (χ1v) is 11.4. The maximum absolute atomic E-state index is 13.2. The number of piperazine rings is 1. The third kappa shape index (κ3) is 5.66. The van der Waals surface area contributed by atoms with E-state index in [0.29, 0.717) is 18.8 Å². The minimum atomic E-state index is -4.06. The SMILES string of the molecule is CC#CCOc1ccc(S(=O)(=O)N2CCN(C(=O)N(CC)CC)CC2C(=O)NO)cc1. The molecule has 1 atom stereocenters. The van der Waals surface area contributed by atoms with Crippen molar-refractivity contribution in [2.45, 2.75) is 31.7 Å². The summed E-state index contributed by atoms with van der Waals surface area (Å²) in [6.07, 6.45) is 0. The summed E-state index contributed by atoms with van der Waals surface area (Å²) in [6, 6.07) is 4.22. The van der Waals surface area contributed by atoms with Crippen molar-refractivity contribution >= 4 is 22.0 Å². The summed E-state index contributed by atoms with van der Waals surface area (Å²) < 4.78 is 32.8. The third-order valence-corrected chi connectivity index (χ3v) is 6.89. The van der Waals surface area contributed by atoms with E-state index in [1.807, 2.05) is 13.8 Å². The van der Waals surface area contributed by atoms with E-state index in [1.54, 1.807) is 11.8 Å². The first kappa shape index (κ1) is 24.5. The van der Waals surface area contributed by atoms with Gasteiger partial charge < -0.3 is 14.5 Å². The Labute approximate surface area is 182 Å².